The molecule has 0 aromatic carbocycles. The molecule has 1 fully saturated rings. The number of nitrogens with one attached hydrogen (secondary N) is 1. The van der Waals surface area contributed by atoms with Gasteiger partial charge in [-0.05, 0) is 30.9 Å². The van der Waals surface area contributed by atoms with Crippen LogP contribution in [0.1, 0.15) is 38.2 Å². The van der Waals surface area contributed by atoms with Crippen molar-refractivity contribution in [3.63, 3.8) is 0 Å². The van der Waals surface area contributed by atoms with Crippen molar-refractivity contribution in [1.82, 2.24) is 10.3 Å². The maximum Gasteiger partial charge on any atom is 0.0312 e. The summed E-state index contributed by atoms with van der Waals surface area (Å²) in [5.74, 6) is 0.987. The van der Waals surface area contributed by atoms with Crippen molar-refractivity contribution in [2.45, 2.75) is 45.2 Å². The van der Waals surface area contributed by atoms with Crippen LogP contribution in [0.15, 0.2) is 24.5 Å². The molecule has 0 amide bonds. The number of hydrogen-bond donors (Lipinski definition) is 1. The molecule has 0 spiro atoms. The van der Waals surface area contributed by atoms with Crippen LogP contribution in [0.3, 0.4) is 0 Å². The Balaban J connectivity index is 1.68. The molecule has 1 atom stereocenters. The lowest BCUT2D eigenvalue weighted by atomic mass is 9.81. The average molecular weight is 204 g/mol. The van der Waals surface area contributed by atoms with Crippen LogP contribution in [0.4, 0.5) is 0 Å². The van der Waals surface area contributed by atoms with Gasteiger partial charge in [-0.1, -0.05) is 25.3 Å². The number of nitrogens with zero attached hydrogens (tertiary/aromatic N) is 1. The standard InChI is InChI=1S/C13H20N2/c1-11(8-12-4-2-5-12)15-10-13-6-3-7-14-9-13/h3,6-7,9,11-12,15H,2,4-5,8,10H2,1H3. The van der Waals surface area contributed by atoms with Gasteiger partial charge in [0.15, 0.2) is 0 Å². The summed E-state index contributed by atoms with van der Waals surface area (Å²) in [4.78, 5) is 4.11. The van der Waals surface area contributed by atoms with Crippen LogP contribution < -0.4 is 5.32 Å². The zero-order valence-electron chi connectivity index (χ0n) is 9.45. The molecule has 1 unspecified atom stereocenters. The van der Waals surface area contributed by atoms with E-state index in [1.807, 2.05) is 18.5 Å². The van der Waals surface area contributed by atoms with Gasteiger partial charge in [-0.2, -0.15) is 0 Å². The van der Waals surface area contributed by atoms with E-state index in [0.717, 1.165) is 12.5 Å². The molecule has 1 N–H and O–H groups in total. The molecular formula is C13H20N2. The van der Waals surface area contributed by atoms with Gasteiger partial charge in [0.05, 0.1) is 0 Å². The zero-order chi connectivity index (χ0) is 10.5. The van der Waals surface area contributed by atoms with E-state index in [1.54, 1.807) is 0 Å². The lowest BCUT2D eigenvalue weighted by Gasteiger charge is -2.28. The van der Waals surface area contributed by atoms with Gasteiger partial charge < -0.3 is 5.32 Å². The molecule has 2 nitrogen and oxygen atoms in total. The summed E-state index contributed by atoms with van der Waals surface area (Å²) in [6.45, 7) is 3.23. The first-order valence-corrected chi connectivity index (χ1v) is 5.97. The predicted octanol–water partition coefficient (Wildman–Crippen LogP) is 2.75. The minimum Gasteiger partial charge on any atom is -0.310 e. The summed E-state index contributed by atoms with van der Waals surface area (Å²) in [6, 6.07) is 4.75. The second kappa shape index (κ2) is 5.26. The van der Waals surface area contributed by atoms with Crippen molar-refractivity contribution in [1.29, 1.82) is 0 Å². The second-order valence-electron chi connectivity index (χ2n) is 4.68. The monoisotopic (exact) mass is 204 g/mol. The molecule has 0 bridgehead atoms. The molecule has 0 aliphatic heterocycles. The Labute approximate surface area is 92.1 Å². The maximum absolute atomic E-state index is 4.11. The van der Waals surface area contributed by atoms with E-state index in [2.05, 4.69) is 23.3 Å². The molecular weight excluding hydrogens is 184 g/mol. The smallest absolute Gasteiger partial charge is 0.0312 e. The van der Waals surface area contributed by atoms with E-state index in [9.17, 15) is 0 Å². The number of aromatic nitrogens is 1. The first-order chi connectivity index (χ1) is 7.34. The van der Waals surface area contributed by atoms with Gasteiger partial charge in [0.1, 0.15) is 0 Å². The fourth-order valence-electron chi connectivity index (χ4n) is 2.11. The summed E-state index contributed by atoms with van der Waals surface area (Å²) in [5, 5.41) is 3.56. The fourth-order valence-corrected chi connectivity index (χ4v) is 2.11. The molecule has 15 heavy (non-hydrogen) atoms. The summed E-state index contributed by atoms with van der Waals surface area (Å²) in [7, 11) is 0. The second-order valence-corrected chi connectivity index (χ2v) is 4.68. The van der Waals surface area contributed by atoms with Gasteiger partial charge >= 0.3 is 0 Å². The Morgan fingerprint density at radius 3 is 3.00 bits per heavy atom. The van der Waals surface area contributed by atoms with E-state index in [4.69, 9.17) is 0 Å². The van der Waals surface area contributed by atoms with E-state index in [1.165, 1.54) is 31.2 Å². The van der Waals surface area contributed by atoms with Crippen LogP contribution in [0.25, 0.3) is 0 Å². The third kappa shape index (κ3) is 3.31. The number of pyridine rings is 1. The van der Waals surface area contributed by atoms with Crippen molar-refractivity contribution < 1.29 is 0 Å². The molecule has 1 aliphatic carbocycles. The highest BCUT2D eigenvalue weighted by atomic mass is 14.9. The van der Waals surface area contributed by atoms with Crippen molar-refractivity contribution in [3.05, 3.63) is 30.1 Å². The summed E-state index contributed by atoms with van der Waals surface area (Å²) in [5.41, 5.74) is 1.28. The van der Waals surface area contributed by atoms with Gasteiger partial charge in [0, 0.05) is 25.0 Å². The number of hydrogen-bond acceptors (Lipinski definition) is 2. The maximum atomic E-state index is 4.11. The summed E-state index contributed by atoms with van der Waals surface area (Å²) >= 11 is 0. The highest BCUT2D eigenvalue weighted by Crippen LogP contribution is 2.30. The van der Waals surface area contributed by atoms with E-state index < -0.39 is 0 Å². The Kier molecular flexibility index (Phi) is 3.73. The fraction of sp³-hybridized carbons (Fsp3) is 0.615. The molecule has 1 aromatic rings. The summed E-state index contributed by atoms with van der Waals surface area (Å²) in [6.07, 6.45) is 9.42. The Morgan fingerprint density at radius 1 is 1.53 bits per heavy atom. The molecule has 1 aromatic heterocycles. The molecule has 0 radical (unpaired) electrons. The first-order valence-electron chi connectivity index (χ1n) is 5.97. The van der Waals surface area contributed by atoms with Crippen molar-refractivity contribution in [2.75, 3.05) is 0 Å². The van der Waals surface area contributed by atoms with Gasteiger partial charge in [0.25, 0.3) is 0 Å². The van der Waals surface area contributed by atoms with E-state index in [0.29, 0.717) is 6.04 Å². The van der Waals surface area contributed by atoms with Crippen LogP contribution in [0, 0.1) is 5.92 Å². The average Bonchev–Trinajstić information content (AvgIpc) is 2.22. The van der Waals surface area contributed by atoms with Crippen LogP contribution >= 0.6 is 0 Å². The molecule has 2 heteroatoms. The van der Waals surface area contributed by atoms with Crippen molar-refractivity contribution in [3.8, 4) is 0 Å². The van der Waals surface area contributed by atoms with Crippen molar-refractivity contribution in [2.24, 2.45) is 5.92 Å². The molecule has 1 heterocycles. The quantitative estimate of drug-likeness (QED) is 0.797. The lowest BCUT2D eigenvalue weighted by Crippen LogP contribution is -2.29. The minimum absolute atomic E-state index is 0.635. The lowest BCUT2D eigenvalue weighted by molar-refractivity contribution is 0.265. The third-order valence-corrected chi connectivity index (χ3v) is 3.29. The molecule has 1 saturated carbocycles. The Bertz CT molecular complexity index is 280. The van der Waals surface area contributed by atoms with Gasteiger partial charge in [0.2, 0.25) is 0 Å². The van der Waals surface area contributed by atoms with Crippen molar-refractivity contribution >= 4 is 0 Å². The number of rotatable bonds is 5. The largest absolute Gasteiger partial charge is 0.310 e. The Hall–Kier alpha value is -0.890. The Morgan fingerprint density at radius 2 is 2.40 bits per heavy atom. The van der Waals surface area contributed by atoms with Crippen LogP contribution in [-0.4, -0.2) is 11.0 Å². The summed E-state index contributed by atoms with van der Waals surface area (Å²) < 4.78 is 0. The van der Waals surface area contributed by atoms with Gasteiger partial charge in [-0.3, -0.25) is 4.98 Å². The molecule has 2 rings (SSSR count). The molecule has 0 saturated heterocycles. The van der Waals surface area contributed by atoms with E-state index >= 15 is 0 Å². The topological polar surface area (TPSA) is 24.9 Å². The minimum atomic E-state index is 0.635. The van der Waals surface area contributed by atoms with E-state index in [-0.39, 0.29) is 0 Å². The molecule has 1 aliphatic rings. The van der Waals surface area contributed by atoms with Crippen LogP contribution in [0.2, 0.25) is 0 Å². The third-order valence-electron chi connectivity index (χ3n) is 3.29. The van der Waals surface area contributed by atoms with Crippen LogP contribution in [-0.2, 0) is 6.54 Å². The zero-order valence-corrected chi connectivity index (χ0v) is 9.45. The van der Waals surface area contributed by atoms with Crippen LogP contribution in [0.5, 0.6) is 0 Å². The SMILES string of the molecule is CC(CC1CCC1)NCc1cccnc1. The highest BCUT2D eigenvalue weighted by Gasteiger charge is 2.19. The normalized spacial score (nSPS) is 18.5. The van der Waals surface area contributed by atoms with Gasteiger partial charge in [-0.15, -0.1) is 0 Å². The highest BCUT2D eigenvalue weighted by molar-refractivity contribution is 5.07. The molecule has 82 valence electrons. The first kappa shape index (κ1) is 10.6. The predicted molar refractivity (Wildman–Crippen MR) is 62.5 cm³/mol. The van der Waals surface area contributed by atoms with Gasteiger partial charge in [-0.25, -0.2) is 0 Å².